The third kappa shape index (κ3) is 7.86. The van der Waals surface area contributed by atoms with Gasteiger partial charge in [-0.2, -0.15) is 0 Å². The molecule has 1 aliphatic rings. The highest BCUT2D eigenvalue weighted by molar-refractivity contribution is 5.78. The smallest absolute Gasteiger partial charge is 0.226 e. The molecule has 1 saturated heterocycles. The monoisotopic (exact) mass is 479 g/mol. The van der Waals surface area contributed by atoms with Crippen molar-refractivity contribution in [2.24, 2.45) is 0 Å². The predicted molar refractivity (Wildman–Crippen MR) is 132 cm³/mol. The van der Waals surface area contributed by atoms with Crippen LogP contribution in [0.15, 0.2) is 60.8 Å². The number of hydrogen-bond donors (Lipinski definition) is 1. The molecule has 1 aliphatic heterocycles. The standard InChI is InChI=1S/C28H31F2N3O2/c29-24-8-5-22(6-9-24)23-7-10-26(31-20-23)18-28(34)32-19-21-15-25(30)17-27(16-21)35-14-4-13-33-11-2-1-3-12-33/h5-10,15-17,20H,1-4,11-14,18-19H2,(H,32,34). The number of ether oxygens (including phenoxy) is 1. The topological polar surface area (TPSA) is 54.5 Å². The average Bonchev–Trinajstić information content (AvgIpc) is 2.87. The Morgan fingerprint density at radius 1 is 0.943 bits per heavy atom. The van der Waals surface area contributed by atoms with Crippen LogP contribution >= 0.6 is 0 Å². The zero-order chi connectivity index (χ0) is 24.5. The van der Waals surface area contributed by atoms with Crippen molar-refractivity contribution >= 4 is 5.91 Å². The van der Waals surface area contributed by atoms with Crippen molar-refractivity contribution in [3.63, 3.8) is 0 Å². The molecule has 5 nitrogen and oxygen atoms in total. The Balaban J connectivity index is 1.23. The van der Waals surface area contributed by atoms with Crippen molar-refractivity contribution in [1.29, 1.82) is 0 Å². The van der Waals surface area contributed by atoms with Crippen LogP contribution < -0.4 is 10.1 Å². The number of benzene rings is 2. The third-order valence-electron chi connectivity index (χ3n) is 6.10. The fourth-order valence-electron chi connectivity index (χ4n) is 4.24. The summed E-state index contributed by atoms with van der Waals surface area (Å²) < 4.78 is 32.9. The lowest BCUT2D eigenvalue weighted by molar-refractivity contribution is -0.120. The quantitative estimate of drug-likeness (QED) is 0.409. The zero-order valence-electron chi connectivity index (χ0n) is 19.8. The van der Waals surface area contributed by atoms with Crippen molar-refractivity contribution in [3.05, 3.63) is 83.7 Å². The highest BCUT2D eigenvalue weighted by Crippen LogP contribution is 2.19. The van der Waals surface area contributed by atoms with Crippen molar-refractivity contribution in [1.82, 2.24) is 15.2 Å². The first-order valence-electron chi connectivity index (χ1n) is 12.2. The molecule has 3 aromatic rings. The van der Waals surface area contributed by atoms with E-state index in [0.717, 1.165) is 37.2 Å². The molecule has 1 fully saturated rings. The highest BCUT2D eigenvalue weighted by atomic mass is 19.1. The lowest BCUT2D eigenvalue weighted by Crippen LogP contribution is -2.31. The molecule has 0 spiro atoms. The molecule has 4 rings (SSSR count). The second kappa shape index (κ2) is 12.4. The Bertz CT molecular complexity index is 1100. The molecule has 1 aromatic heterocycles. The molecular formula is C28H31F2N3O2. The molecule has 0 radical (unpaired) electrons. The summed E-state index contributed by atoms with van der Waals surface area (Å²) in [5, 5.41) is 2.82. The molecule has 1 amide bonds. The molecule has 2 heterocycles. The van der Waals surface area contributed by atoms with E-state index in [0.29, 0.717) is 23.6 Å². The largest absolute Gasteiger partial charge is 0.493 e. The molecule has 0 atom stereocenters. The van der Waals surface area contributed by atoms with Crippen molar-refractivity contribution < 1.29 is 18.3 Å². The number of aromatic nitrogens is 1. The van der Waals surface area contributed by atoms with Crippen LogP contribution in [0.1, 0.15) is 36.9 Å². The van der Waals surface area contributed by atoms with Crippen LogP contribution in [0.2, 0.25) is 0 Å². The van der Waals surface area contributed by atoms with Crippen LogP contribution in [0.5, 0.6) is 5.75 Å². The van der Waals surface area contributed by atoms with Gasteiger partial charge in [-0.3, -0.25) is 9.78 Å². The minimum absolute atomic E-state index is 0.110. The van der Waals surface area contributed by atoms with Gasteiger partial charge in [0.2, 0.25) is 5.91 Å². The molecule has 0 saturated carbocycles. The highest BCUT2D eigenvalue weighted by Gasteiger charge is 2.10. The molecular weight excluding hydrogens is 448 g/mol. The summed E-state index contributed by atoms with van der Waals surface area (Å²) in [5.74, 6) is -0.410. The number of pyridine rings is 1. The van der Waals surface area contributed by atoms with Gasteiger partial charge < -0.3 is 15.0 Å². The van der Waals surface area contributed by atoms with E-state index in [1.165, 1.54) is 43.5 Å². The van der Waals surface area contributed by atoms with E-state index >= 15 is 0 Å². The van der Waals surface area contributed by atoms with E-state index < -0.39 is 0 Å². The fourth-order valence-corrected chi connectivity index (χ4v) is 4.24. The number of rotatable bonds is 10. The molecule has 0 bridgehead atoms. The Labute approximate surface area is 205 Å². The number of likely N-dealkylation sites (tertiary alicyclic amines) is 1. The molecule has 35 heavy (non-hydrogen) atoms. The van der Waals surface area contributed by atoms with Crippen molar-refractivity contribution in [3.8, 4) is 16.9 Å². The van der Waals surface area contributed by atoms with Crippen LogP contribution in [-0.4, -0.2) is 42.0 Å². The number of carbonyl (C=O) groups excluding carboxylic acids is 1. The Kier molecular flexibility index (Phi) is 8.79. The van der Waals surface area contributed by atoms with Gasteiger partial charge >= 0.3 is 0 Å². The van der Waals surface area contributed by atoms with E-state index in [1.807, 2.05) is 6.07 Å². The maximum atomic E-state index is 14.1. The van der Waals surface area contributed by atoms with E-state index in [2.05, 4.69) is 15.2 Å². The maximum Gasteiger partial charge on any atom is 0.226 e. The zero-order valence-corrected chi connectivity index (χ0v) is 19.8. The summed E-state index contributed by atoms with van der Waals surface area (Å²) in [7, 11) is 0. The number of hydrogen-bond acceptors (Lipinski definition) is 4. The van der Waals surface area contributed by atoms with E-state index in [9.17, 15) is 13.6 Å². The summed E-state index contributed by atoms with van der Waals surface area (Å²) >= 11 is 0. The van der Waals surface area contributed by atoms with E-state index in [4.69, 9.17) is 4.74 Å². The molecule has 1 N–H and O–H groups in total. The average molecular weight is 480 g/mol. The first-order valence-corrected chi connectivity index (χ1v) is 12.2. The normalized spacial score (nSPS) is 14.0. The molecule has 0 unspecified atom stereocenters. The molecule has 2 aromatic carbocycles. The number of halogens is 2. The van der Waals surface area contributed by atoms with Gasteiger partial charge in [0.15, 0.2) is 0 Å². The maximum absolute atomic E-state index is 14.1. The van der Waals surface area contributed by atoms with Crippen molar-refractivity contribution in [2.75, 3.05) is 26.2 Å². The summed E-state index contributed by atoms with van der Waals surface area (Å²) in [5.41, 5.74) is 2.96. The Hall–Kier alpha value is -3.32. The van der Waals surface area contributed by atoms with Gasteiger partial charge in [0.05, 0.1) is 13.0 Å². The lowest BCUT2D eigenvalue weighted by atomic mass is 10.1. The summed E-state index contributed by atoms with van der Waals surface area (Å²) in [6.07, 6.45) is 6.51. The van der Waals surface area contributed by atoms with Crippen molar-refractivity contribution in [2.45, 2.75) is 38.6 Å². The lowest BCUT2D eigenvalue weighted by Gasteiger charge is -2.26. The molecule has 7 heteroatoms. The van der Waals surface area contributed by atoms with E-state index in [1.54, 1.807) is 30.5 Å². The van der Waals surface area contributed by atoms with Gasteiger partial charge in [0, 0.05) is 36.6 Å². The van der Waals surface area contributed by atoms with Gasteiger partial charge in [-0.1, -0.05) is 24.6 Å². The van der Waals surface area contributed by atoms with E-state index in [-0.39, 0.29) is 30.5 Å². The van der Waals surface area contributed by atoms with Crippen LogP contribution in [0.25, 0.3) is 11.1 Å². The minimum atomic E-state index is -0.388. The summed E-state index contributed by atoms with van der Waals surface area (Å²) in [6, 6.07) is 14.3. The second-order valence-electron chi connectivity index (χ2n) is 8.90. The Morgan fingerprint density at radius 2 is 1.71 bits per heavy atom. The fraction of sp³-hybridized carbons (Fsp3) is 0.357. The van der Waals surface area contributed by atoms with Crippen LogP contribution in [-0.2, 0) is 17.8 Å². The van der Waals surface area contributed by atoms with Gasteiger partial charge in [-0.15, -0.1) is 0 Å². The Morgan fingerprint density at radius 3 is 2.46 bits per heavy atom. The predicted octanol–water partition coefficient (Wildman–Crippen LogP) is 5.14. The van der Waals surface area contributed by atoms with Crippen LogP contribution in [0.4, 0.5) is 8.78 Å². The van der Waals surface area contributed by atoms with Gasteiger partial charge in [0.1, 0.15) is 17.4 Å². The minimum Gasteiger partial charge on any atom is -0.493 e. The molecule has 184 valence electrons. The number of nitrogens with one attached hydrogen (secondary N) is 1. The first-order chi connectivity index (χ1) is 17.0. The summed E-state index contributed by atoms with van der Waals surface area (Å²) in [4.78, 5) is 19.2. The van der Waals surface area contributed by atoms with Gasteiger partial charge in [0.25, 0.3) is 0 Å². The molecule has 0 aliphatic carbocycles. The number of carbonyl (C=O) groups is 1. The van der Waals surface area contributed by atoms with Crippen LogP contribution in [0.3, 0.4) is 0 Å². The number of amides is 1. The SMILES string of the molecule is O=C(Cc1ccc(-c2ccc(F)cc2)cn1)NCc1cc(F)cc(OCCCN2CCCCC2)c1. The first kappa shape index (κ1) is 24.8. The van der Waals surface area contributed by atoms with Crippen LogP contribution in [0, 0.1) is 11.6 Å². The number of piperidine rings is 1. The second-order valence-corrected chi connectivity index (χ2v) is 8.90. The van der Waals surface area contributed by atoms with Gasteiger partial charge in [-0.25, -0.2) is 8.78 Å². The van der Waals surface area contributed by atoms with Gasteiger partial charge in [-0.05, 0) is 73.8 Å². The number of nitrogens with zero attached hydrogens (tertiary/aromatic N) is 2. The summed E-state index contributed by atoms with van der Waals surface area (Å²) in [6.45, 7) is 4.03. The third-order valence-corrected chi connectivity index (χ3v) is 6.10.